The first kappa shape index (κ1) is 14.2. The van der Waals surface area contributed by atoms with Gasteiger partial charge in [0.15, 0.2) is 0 Å². The quantitative estimate of drug-likeness (QED) is 0.758. The summed E-state index contributed by atoms with van der Waals surface area (Å²) in [7, 11) is 0. The lowest BCUT2D eigenvalue weighted by Gasteiger charge is -2.07. The molecule has 0 unspecified atom stereocenters. The maximum atomic E-state index is 13.8. The van der Waals surface area contributed by atoms with E-state index in [0.29, 0.717) is 5.69 Å². The largest absolute Gasteiger partial charge is 0.322 e. The van der Waals surface area contributed by atoms with Gasteiger partial charge in [0.1, 0.15) is 5.82 Å². The maximum absolute atomic E-state index is 13.8. The molecule has 1 N–H and O–H groups in total. The number of hydrogen-bond acceptors (Lipinski definition) is 1. The average Bonchev–Trinajstić information content (AvgIpc) is 2.42. The second-order valence-electron chi connectivity index (χ2n) is 3.89. The highest BCUT2D eigenvalue weighted by Gasteiger charge is 2.13. The molecule has 0 saturated heterocycles. The normalized spacial score (nSPS) is 10.3. The second-order valence-corrected chi connectivity index (χ2v) is 5.30. The molecule has 2 rings (SSSR count). The number of benzene rings is 2. The molecule has 0 aliphatic rings. The zero-order valence-corrected chi connectivity index (χ0v) is 13.0. The van der Waals surface area contributed by atoms with Crippen molar-refractivity contribution in [1.82, 2.24) is 0 Å². The summed E-state index contributed by atoms with van der Waals surface area (Å²) in [4.78, 5) is 12.0. The van der Waals surface area contributed by atoms with Gasteiger partial charge >= 0.3 is 0 Å². The monoisotopic (exact) mass is 385 g/mol. The number of carbonyl (C=O) groups is 1. The smallest absolute Gasteiger partial charge is 0.258 e. The van der Waals surface area contributed by atoms with Crippen LogP contribution in [0.3, 0.4) is 0 Å². The Bertz CT molecular complexity index is 599. The van der Waals surface area contributed by atoms with E-state index in [1.54, 1.807) is 24.3 Å². The van der Waals surface area contributed by atoms with Gasteiger partial charge in [0, 0.05) is 11.0 Å². The number of halogens is 3. The van der Waals surface area contributed by atoms with Gasteiger partial charge < -0.3 is 5.32 Å². The maximum Gasteiger partial charge on any atom is 0.258 e. The minimum atomic E-state index is -0.558. The molecule has 0 aliphatic carbocycles. The highest BCUT2D eigenvalue weighted by Crippen LogP contribution is 2.20. The molecule has 0 fully saturated rings. The van der Waals surface area contributed by atoms with Crippen molar-refractivity contribution in [2.75, 3.05) is 5.32 Å². The molecule has 0 saturated carbocycles. The number of anilines is 1. The molecule has 2 aromatic rings. The van der Waals surface area contributed by atoms with Crippen LogP contribution >= 0.6 is 31.9 Å². The summed E-state index contributed by atoms with van der Waals surface area (Å²) >= 11 is 6.40. The van der Waals surface area contributed by atoms with Gasteiger partial charge in [-0.25, -0.2) is 4.39 Å². The summed E-state index contributed by atoms with van der Waals surface area (Å²) < 4.78 is 14.0. The van der Waals surface area contributed by atoms with Crippen molar-refractivity contribution in [3.63, 3.8) is 0 Å². The Morgan fingerprint density at radius 3 is 2.47 bits per heavy atom. The number of rotatable bonds is 3. The molecule has 0 aromatic heterocycles. The Labute approximate surface area is 127 Å². The van der Waals surface area contributed by atoms with Gasteiger partial charge in [-0.1, -0.05) is 34.1 Å². The fourth-order valence-corrected chi connectivity index (χ4v) is 2.29. The Kier molecular flexibility index (Phi) is 4.71. The number of nitrogens with one attached hydrogen (secondary N) is 1. The van der Waals surface area contributed by atoms with Crippen molar-refractivity contribution in [2.24, 2.45) is 0 Å². The Morgan fingerprint density at radius 1 is 1.16 bits per heavy atom. The fourth-order valence-electron chi connectivity index (χ4n) is 1.55. The van der Waals surface area contributed by atoms with Crippen LogP contribution in [0.1, 0.15) is 15.9 Å². The number of amides is 1. The van der Waals surface area contributed by atoms with Crippen LogP contribution in [0.25, 0.3) is 0 Å². The van der Waals surface area contributed by atoms with E-state index in [0.717, 1.165) is 10.9 Å². The zero-order chi connectivity index (χ0) is 13.8. The van der Waals surface area contributed by atoms with E-state index in [4.69, 9.17) is 0 Å². The van der Waals surface area contributed by atoms with Crippen molar-refractivity contribution in [1.29, 1.82) is 0 Å². The SMILES string of the molecule is O=C(Nc1ccc(CBr)cc1)c1cccc(Br)c1F. The third-order valence-electron chi connectivity index (χ3n) is 2.56. The van der Waals surface area contributed by atoms with Crippen molar-refractivity contribution in [3.8, 4) is 0 Å². The van der Waals surface area contributed by atoms with E-state index in [1.807, 2.05) is 12.1 Å². The minimum absolute atomic E-state index is 0.0129. The molecular weight excluding hydrogens is 377 g/mol. The predicted molar refractivity (Wildman–Crippen MR) is 81.1 cm³/mol. The van der Waals surface area contributed by atoms with Crippen LogP contribution in [0.4, 0.5) is 10.1 Å². The highest BCUT2D eigenvalue weighted by molar-refractivity contribution is 9.10. The molecule has 2 nitrogen and oxygen atoms in total. The lowest BCUT2D eigenvalue weighted by Crippen LogP contribution is -2.13. The molecule has 0 bridgehead atoms. The van der Waals surface area contributed by atoms with Gasteiger partial charge in [-0.3, -0.25) is 4.79 Å². The van der Waals surface area contributed by atoms with Gasteiger partial charge in [-0.2, -0.15) is 0 Å². The van der Waals surface area contributed by atoms with E-state index < -0.39 is 11.7 Å². The van der Waals surface area contributed by atoms with E-state index in [1.165, 1.54) is 6.07 Å². The van der Waals surface area contributed by atoms with Crippen molar-refractivity contribution in [2.45, 2.75) is 5.33 Å². The third kappa shape index (κ3) is 3.42. The molecule has 0 spiro atoms. The Morgan fingerprint density at radius 2 is 1.84 bits per heavy atom. The summed E-state index contributed by atoms with van der Waals surface area (Å²) in [6, 6.07) is 12.0. The fraction of sp³-hybridized carbons (Fsp3) is 0.0714. The lowest BCUT2D eigenvalue weighted by molar-refractivity contribution is 0.102. The highest BCUT2D eigenvalue weighted by atomic mass is 79.9. The molecule has 0 heterocycles. The van der Waals surface area contributed by atoms with E-state index >= 15 is 0 Å². The van der Waals surface area contributed by atoms with Crippen molar-refractivity contribution in [3.05, 3.63) is 63.9 Å². The molecule has 2 aromatic carbocycles. The van der Waals surface area contributed by atoms with Crippen LogP contribution in [0.5, 0.6) is 0 Å². The standard InChI is InChI=1S/C14H10Br2FNO/c15-8-9-4-6-10(7-5-9)18-14(19)11-2-1-3-12(16)13(11)17/h1-7H,8H2,(H,18,19). The Hall–Kier alpha value is -1.20. The van der Waals surface area contributed by atoms with Gasteiger partial charge in [0.2, 0.25) is 0 Å². The van der Waals surface area contributed by atoms with Gasteiger partial charge in [-0.05, 0) is 45.8 Å². The minimum Gasteiger partial charge on any atom is -0.322 e. The van der Waals surface area contributed by atoms with E-state index in [9.17, 15) is 9.18 Å². The summed E-state index contributed by atoms with van der Waals surface area (Å²) in [6.45, 7) is 0. The van der Waals surface area contributed by atoms with Crippen LogP contribution in [0, 0.1) is 5.82 Å². The molecule has 0 aliphatic heterocycles. The third-order valence-corrected chi connectivity index (χ3v) is 3.82. The Balaban J connectivity index is 2.18. The summed E-state index contributed by atoms with van der Waals surface area (Å²) in [5.41, 5.74) is 1.75. The first-order chi connectivity index (χ1) is 9.11. The van der Waals surface area contributed by atoms with Crippen LogP contribution < -0.4 is 5.32 Å². The summed E-state index contributed by atoms with van der Waals surface area (Å²) in [6.07, 6.45) is 0. The zero-order valence-electron chi connectivity index (χ0n) is 9.79. The van der Waals surface area contributed by atoms with Gasteiger partial charge in [-0.15, -0.1) is 0 Å². The number of alkyl halides is 1. The molecular formula is C14H10Br2FNO. The van der Waals surface area contributed by atoms with Crippen LogP contribution in [-0.2, 0) is 5.33 Å². The van der Waals surface area contributed by atoms with E-state index in [-0.39, 0.29) is 10.0 Å². The summed E-state index contributed by atoms with van der Waals surface area (Å²) in [5.74, 6) is -1.03. The first-order valence-corrected chi connectivity index (χ1v) is 7.43. The van der Waals surface area contributed by atoms with Crippen LogP contribution in [-0.4, -0.2) is 5.91 Å². The molecule has 98 valence electrons. The molecule has 0 atom stereocenters. The predicted octanol–water partition coefficient (Wildman–Crippen LogP) is 4.74. The van der Waals surface area contributed by atoms with Crippen molar-refractivity contribution >= 4 is 43.5 Å². The topological polar surface area (TPSA) is 29.1 Å². The first-order valence-electron chi connectivity index (χ1n) is 5.52. The summed E-state index contributed by atoms with van der Waals surface area (Å²) in [5, 5.41) is 3.41. The number of hydrogen-bond donors (Lipinski definition) is 1. The molecule has 1 amide bonds. The number of carbonyl (C=O) groups excluding carboxylic acids is 1. The second kappa shape index (κ2) is 6.30. The average molecular weight is 387 g/mol. The lowest BCUT2D eigenvalue weighted by atomic mass is 10.2. The van der Waals surface area contributed by atoms with Gasteiger partial charge in [0.05, 0.1) is 10.0 Å². The van der Waals surface area contributed by atoms with Gasteiger partial charge in [0.25, 0.3) is 5.91 Å². The van der Waals surface area contributed by atoms with Crippen LogP contribution in [0.15, 0.2) is 46.9 Å². The molecule has 5 heteroatoms. The molecule has 19 heavy (non-hydrogen) atoms. The van der Waals surface area contributed by atoms with Crippen LogP contribution in [0.2, 0.25) is 0 Å². The van der Waals surface area contributed by atoms with Crippen molar-refractivity contribution < 1.29 is 9.18 Å². The molecule has 0 radical (unpaired) electrons. The van der Waals surface area contributed by atoms with E-state index in [2.05, 4.69) is 37.2 Å².